The highest BCUT2D eigenvalue weighted by Crippen LogP contribution is 2.36. The summed E-state index contributed by atoms with van der Waals surface area (Å²) >= 11 is 2.88. The Kier molecular flexibility index (Phi) is 7.25. The maximum Gasteiger partial charge on any atom is 0.436 e. The van der Waals surface area contributed by atoms with Crippen molar-refractivity contribution in [3.8, 4) is 23.0 Å². The van der Waals surface area contributed by atoms with Crippen LogP contribution in [0.3, 0.4) is 0 Å². The molecular weight excluding hydrogens is 548 g/mol. The third-order valence-electron chi connectivity index (χ3n) is 4.78. The maximum absolute atomic E-state index is 13.2. The lowest BCUT2D eigenvalue weighted by molar-refractivity contribution is -0.142. The number of nitrogens with zero attached hydrogens (tertiary/aromatic N) is 3. The maximum atomic E-state index is 13.2. The highest BCUT2D eigenvalue weighted by molar-refractivity contribution is 9.10. The van der Waals surface area contributed by atoms with E-state index >= 15 is 0 Å². The van der Waals surface area contributed by atoms with Crippen molar-refractivity contribution in [1.82, 2.24) is 14.8 Å². The van der Waals surface area contributed by atoms with E-state index in [0.717, 1.165) is 4.68 Å². The van der Waals surface area contributed by atoms with Crippen LogP contribution in [0.5, 0.6) is 23.0 Å². The number of hydrogen-bond donors (Lipinski definition) is 1. The van der Waals surface area contributed by atoms with Crippen molar-refractivity contribution in [3.63, 3.8) is 0 Å². The number of nitrogens with one attached hydrogen (secondary N) is 1. The van der Waals surface area contributed by atoms with E-state index in [-0.39, 0.29) is 27.4 Å². The number of alkyl halides is 3. The van der Waals surface area contributed by atoms with Gasteiger partial charge in [0.2, 0.25) is 5.91 Å². The molecule has 7 nitrogen and oxygen atoms in total. The summed E-state index contributed by atoms with van der Waals surface area (Å²) in [6.45, 7) is 0.943. The van der Waals surface area contributed by atoms with Crippen LogP contribution in [0.2, 0.25) is 0 Å². The predicted molar refractivity (Wildman–Crippen MR) is 126 cm³/mol. The minimum atomic E-state index is -4.67. The minimum Gasteiger partial charge on any atom is -0.457 e. The number of hydrogen-bond acceptors (Lipinski definition) is 5. The number of carbonyl (C=O) groups excluding carboxylic acids is 1. The second-order valence-corrected chi connectivity index (χ2v) is 8.28. The predicted octanol–water partition coefficient (Wildman–Crippen LogP) is 6.73. The third-order valence-corrected chi connectivity index (χ3v) is 5.73. The molecule has 1 amide bonds. The zero-order chi connectivity index (χ0) is 25.9. The van der Waals surface area contributed by atoms with Crippen molar-refractivity contribution in [2.24, 2.45) is 0 Å². The van der Waals surface area contributed by atoms with Crippen molar-refractivity contribution >= 4 is 27.5 Å². The Hall–Kier alpha value is -3.93. The van der Waals surface area contributed by atoms with Gasteiger partial charge in [-0.15, -0.1) is 0 Å². The molecule has 1 N–H and O–H groups in total. The Morgan fingerprint density at radius 2 is 1.69 bits per heavy atom. The summed E-state index contributed by atoms with van der Waals surface area (Å²) in [7, 11) is 0. The molecule has 36 heavy (non-hydrogen) atoms. The van der Waals surface area contributed by atoms with Crippen molar-refractivity contribution in [2.75, 3.05) is 5.32 Å². The Morgan fingerprint density at radius 1 is 1.03 bits per heavy atom. The first-order valence-corrected chi connectivity index (χ1v) is 11.1. The van der Waals surface area contributed by atoms with Crippen LogP contribution in [0.4, 0.5) is 23.2 Å². The fourth-order valence-electron chi connectivity index (χ4n) is 3.14. The number of pyridine rings is 1. The topological polar surface area (TPSA) is 78.3 Å². The first-order chi connectivity index (χ1) is 17.1. The van der Waals surface area contributed by atoms with Crippen LogP contribution in [0.1, 0.15) is 11.4 Å². The second-order valence-electron chi connectivity index (χ2n) is 7.49. The average Bonchev–Trinajstić information content (AvgIpc) is 3.10. The van der Waals surface area contributed by atoms with E-state index in [0.29, 0.717) is 11.5 Å². The molecule has 0 saturated heterocycles. The number of aromatic nitrogens is 3. The molecule has 0 atom stereocenters. The molecule has 4 aromatic rings. The zero-order valence-electron chi connectivity index (χ0n) is 18.5. The lowest BCUT2D eigenvalue weighted by Crippen LogP contribution is -2.20. The van der Waals surface area contributed by atoms with Crippen molar-refractivity contribution in [2.45, 2.75) is 19.6 Å². The van der Waals surface area contributed by atoms with E-state index in [1.807, 2.05) is 0 Å². The quantitative estimate of drug-likeness (QED) is 0.252. The van der Waals surface area contributed by atoms with Gasteiger partial charge < -0.3 is 14.8 Å². The Balaban J connectivity index is 1.58. The molecular formula is C24H17BrF4N4O3. The van der Waals surface area contributed by atoms with Gasteiger partial charge >= 0.3 is 6.18 Å². The number of carbonyl (C=O) groups is 1. The van der Waals surface area contributed by atoms with Crippen molar-refractivity contribution in [3.05, 3.63) is 88.7 Å². The van der Waals surface area contributed by atoms with E-state index in [1.165, 1.54) is 49.5 Å². The fourth-order valence-corrected chi connectivity index (χ4v) is 3.65. The molecule has 2 aromatic heterocycles. The second kappa shape index (κ2) is 10.4. The Morgan fingerprint density at radius 3 is 2.28 bits per heavy atom. The number of anilines is 1. The summed E-state index contributed by atoms with van der Waals surface area (Å²) in [4.78, 5) is 16.7. The number of rotatable bonds is 7. The van der Waals surface area contributed by atoms with Crippen LogP contribution >= 0.6 is 15.9 Å². The number of halogens is 5. The third kappa shape index (κ3) is 6.19. The van der Waals surface area contributed by atoms with Gasteiger partial charge in [-0.2, -0.15) is 18.3 Å². The van der Waals surface area contributed by atoms with Gasteiger partial charge in [-0.3, -0.25) is 14.5 Å². The standard InChI is InChI=1S/C24H17BrF4N4O3/c1-14-22(25)23(24(27,28)29)32-33(14)13-21(34)31-16-9-19(35-17-6-4-15(26)5-7-17)11-20(10-16)36-18-3-2-8-30-12-18/h2-12H,13H2,1H3,(H,31,34). The van der Waals surface area contributed by atoms with Gasteiger partial charge in [0.25, 0.3) is 0 Å². The molecule has 2 heterocycles. The van der Waals surface area contributed by atoms with E-state index < -0.39 is 30.1 Å². The number of amides is 1. The summed E-state index contributed by atoms with van der Waals surface area (Å²) in [6, 6.07) is 13.2. The van der Waals surface area contributed by atoms with Crippen LogP contribution < -0.4 is 14.8 Å². The molecule has 0 spiro atoms. The van der Waals surface area contributed by atoms with Gasteiger partial charge in [0.1, 0.15) is 35.4 Å². The highest BCUT2D eigenvalue weighted by atomic mass is 79.9. The van der Waals surface area contributed by atoms with E-state index in [1.54, 1.807) is 24.4 Å². The van der Waals surface area contributed by atoms with Crippen LogP contribution in [-0.2, 0) is 17.5 Å². The summed E-state index contributed by atoms with van der Waals surface area (Å²) in [5.74, 6) is 0.242. The van der Waals surface area contributed by atoms with E-state index in [9.17, 15) is 22.4 Å². The molecule has 0 fully saturated rings. The summed E-state index contributed by atoms with van der Waals surface area (Å²) in [6.07, 6.45) is -1.61. The lowest BCUT2D eigenvalue weighted by Gasteiger charge is -2.13. The zero-order valence-corrected chi connectivity index (χ0v) is 20.1. The molecule has 0 unspecified atom stereocenters. The minimum absolute atomic E-state index is 0.145. The van der Waals surface area contributed by atoms with Crippen LogP contribution in [0.25, 0.3) is 0 Å². The van der Waals surface area contributed by atoms with E-state index in [2.05, 4.69) is 31.3 Å². The van der Waals surface area contributed by atoms with Gasteiger partial charge in [-0.05, 0) is 59.3 Å². The largest absolute Gasteiger partial charge is 0.457 e. The Labute approximate surface area is 210 Å². The molecule has 12 heteroatoms. The van der Waals surface area contributed by atoms with Crippen molar-refractivity contribution < 1.29 is 31.8 Å². The molecule has 186 valence electrons. The van der Waals surface area contributed by atoms with E-state index in [4.69, 9.17) is 9.47 Å². The highest BCUT2D eigenvalue weighted by Gasteiger charge is 2.38. The van der Waals surface area contributed by atoms with Gasteiger partial charge in [0, 0.05) is 30.1 Å². The molecule has 0 aliphatic carbocycles. The van der Waals surface area contributed by atoms with Gasteiger partial charge in [-0.25, -0.2) is 4.39 Å². The monoisotopic (exact) mass is 564 g/mol. The smallest absolute Gasteiger partial charge is 0.436 e. The first kappa shape index (κ1) is 25.2. The molecule has 0 bridgehead atoms. The number of benzene rings is 2. The summed E-state index contributed by atoms with van der Waals surface area (Å²) in [5.41, 5.74) is -0.723. The first-order valence-electron chi connectivity index (χ1n) is 10.3. The fraction of sp³-hybridized carbons (Fsp3) is 0.125. The molecule has 0 radical (unpaired) electrons. The van der Waals surface area contributed by atoms with Gasteiger partial charge in [-0.1, -0.05) is 0 Å². The number of ether oxygens (including phenoxy) is 2. The van der Waals surface area contributed by atoms with Gasteiger partial charge in [0.15, 0.2) is 5.69 Å². The molecule has 4 rings (SSSR count). The normalized spacial score (nSPS) is 11.3. The van der Waals surface area contributed by atoms with Crippen LogP contribution in [-0.4, -0.2) is 20.7 Å². The SMILES string of the molecule is Cc1c(Br)c(C(F)(F)F)nn1CC(=O)Nc1cc(Oc2ccc(F)cc2)cc(Oc2cccnc2)c1. The summed E-state index contributed by atoms with van der Waals surface area (Å²) < 4.78 is 64.9. The Bertz CT molecular complexity index is 1380. The van der Waals surface area contributed by atoms with Crippen LogP contribution in [0, 0.1) is 12.7 Å². The average molecular weight is 565 g/mol. The van der Waals surface area contributed by atoms with Gasteiger partial charge in [0.05, 0.1) is 16.4 Å². The lowest BCUT2D eigenvalue weighted by atomic mass is 10.2. The molecule has 0 saturated carbocycles. The molecule has 2 aromatic carbocycles. The van der Waals surface area contributed by atoms with Crippen molar-refractivity contribution in [1.29, 1.82) is 0 Å². The van der Waals surface area contributed by atoms with Crippen LogP contribution in [0.15, 0.2) is 71.5 Å². The molecule has 0 aliphatic rings. The molecule has 0 aliphatic heterocycles. The summed E-state index contributed by atoms with van der Waals surface area (Å²) in [5, 5.41) is 6.13.